The second-order valence-electron chi connectivity index (χ2n) is 6.37. The molecular weight excluding hydrogens is 296 g/mol. The second kappa shape index (κ2) is 6.20. The first-order chi connectivity index (χ1) is 9.73. The zero-order chi connectivity index (χ0) is 15.7. The van der Waals surface area contributed by atoms with Crippen molar-refractivity contribution in [3.63, 3.8) is 0 Å². The van der Waals surface area contributed by atoms with Gasteiger partial charge >= 0.3 is 0 Å². The molecule has 2 rings (SSSR count). The van der Waals surface area contributed by atoms with Gasteiger partial charge in [0.05, 0.1) is 42.9 Å². The van der Waals surface area contributed by atoms with Gasteiger partial charge in [-0.05, 0) is 20.3 Å². The lowest BCUT2D eigenvalue weighted by Crippen LogP contribution is -2.55. The largest absolute Gasteiger partial charge is 0.394 e. The van der Waals surface area contributed by atoms with Crippen LogP contribution in [0.3, 0.4) is 0 Å². The molecule has 0 radical (unpaired) electrons. The van der Waals surface area contributed by atoms with E-state index < -0.39 is 15.4 Å². The summed E-state index contributed by atoms with van der Waals surface area (Å²) in [6, 6.07) is 0.0960. The smallest absolute Gasteiger partial charge is 0.234 e. The van der Waals surface area contributed by atoms with Gasteiger partial charge in [-0.1, -0.05) is 0 Å². The highest BCUT2D eigenvalue weighted by Crippen LogP contribution is 2.22. The highest BCUT2D eigenvalue weighted by Gasteiger charge is 2.39. The molecule has 3 unspecified atom stereocenters. The first-order valence-corrected chi connectivity index (χ1v) is 9.03. The van der Waals surface area contributed by atoms with Crippen molar-refractivity contribution in [1.82, 2.24) is 10.2 Å². The third kappa shape index (κ3) is 4.38. The molecule has 1 amide bonds. The third-order valence-electron chi connectivity index (χ3n) is 4.13. The summed E-state index contributed by atoms with van der Waals surface area (Å²) in [5.41, 5.74) is -0.665. The van der Waals surface area contributed by atoms with E-state index in [0.29, 0.717) is 19.6 Å². The standard InChI is InChI=1S/C13H24N2O5S/c1-10-8-20-11(7-16)5-15(10)6-12(17)14-13(2)3-4-21(18,19)9-13/h10-11,16H,3-9H2,1-2H3,(H,14,17). The summed E-state index contributed by atoms with van der Waals surface area (Å²) in [7, 11) is -3.04. The number of ether oxygens (including phenoxy) is 1. The number of aliphatic hydroxyl groups is 1. The van der Waals surface area contributed by atoms with Crippen molar-refractivity contribution in [2.45, 2.75) is 38.0 Å². The summed E-state index contributed by atoms with van der Waals surface area (Å²) in [5, 5.41) is 12.0. The Labute approximate surface area is 125 Å². The van der Waals surface area contributed by atoms with E-state index >= 15 is 0 Å². The molecule has 2 aliphatic rings. The fourth-order valence-corrected chi connectivity index (χ4v) is 4.97. The average Bonchev–Trinajstić information content (AvgIpc) is 2.65. The number of nitrogens with one attached hydrogen (secondary N) is 1. The van der Waals surface area contributed by atoms with E-state index in [1.54, 1.807) is 6.92 Å². The van der Waals surface area contributed by atoms with Gasteiger partial charge in [0.1, 0.15) is 0 Å². The molecule has 7 nitrogen and oxygen atoms in total. The molecule has 2 saturated heterocycles. The van der Waals surface area contributed by atoms with E-state index in [-0.39, 0.29) is 42.7 Å². The minimum Gasteiger partial charge on any atom is -0.394 e. The Hall–Kier alpha value is -0.700. The Morgan fingerprint density at radius 1 is 1.52 bits per heavy atom. The van der Waals surface area contributed by atoms with Gasteiger partial charge in [-0.25, -0.2) is 8.42 Å². The SMILES string of the molecule is CC1COC(CO)CN1CC(=O)NC1(C)CCS(=O)(=O)C1. The van der Waals surface area contributed by atoms with Crippen LogP contribution in [0.25, 0.3) is 0 Å². The molecule has 0 aliphatic carbocycles. The van der Waals surface area contributed by atoms with Crippen molar-refractivity contribution >= 4 is 15.7 Å². The number of hydrogen-bond donors (Lipinski definition) is 2. The summed E-state index contributed by atoms with van der Waals surface area (Å²) >= 11 is 0. The van der Waals surface area contributed by atoms with Crippen LogP contribution in [0, 0.1) is 0 Å². The van der Waals surface area contributed by atoms with Crippen LogP contribution in [-0.4, -0.2) is 79.8 Å². The number of carbonyl (C=O) groups excluding carboxylic acids is 1. The van der Waals surface area contributed by atoms with Gasteiger partial charge in [0, 0.05) is 12.6 Å². The molecular formula is C13H24N2O5S. The van der Waals surface area contributed by atoms with Crippen LogP contribution in [0.4, 0.5) is 0 Å². The van der Waals surface area contributed by atoms with Gasteiger partial charge < -0.3 is 15.2 Å². The summed E-state index contributed by atoms with van der Waals surface area (Å²) < 4.78 is 28.5. The summed E-state index contributed by atoms with van der Waals surface area (Å²) in [5.74, 6) is -0.0476. The summed E-state index contributed by atoms with van der Waals surface area (Å²) in [4.78, 5) is 14.1. The maximum atomic E-state index is 12.2. The van der Waals surface area contributed by atoms with E-state index in [4.69, 9.17) is 9.84 Å². The molecule has 0 spiro atoms. The number of morpholine rings is 1. The highest BCUT2D eigenvalue weighted by atomic mass is 32.2. The molecule has 0 aromatic heterocycles. The monoisotopic (exact) mass is 320 g/mol. The van der Waals surface area contributed by atoms with Gasteiger partial charge in [0.2, 0.25) is 5.91 Å². The predicted octanol–water partition coefficient (Wildman–Crippen LogP) is -1.24. The van der Waals surface area contributed by atoms with Gasteiger partial charge in [-0.2, -0.15) is 0 Å². The molecule has 0 aromatic rings. The number of sulfone groups is 1. The Kier molecular flexibility index (Phi) is 4.92. The number of aliphatic hydroxyl groups excluding tert-OH is 1. The zero-order valence-corrected chi connectivity index (χ0v) is 13.4. The Bertz CT molecular complexity index is 495. The molecule has 0 aromatic carbocycles. The van der Waals surface area contributed by atoms with E-state index in [1.807, 2.05) is 11.8 Å². The van der Waals surface area contributed by atoms with E-state index in [0.717, 1.165) is 0 Å². The van der Waals surface area contributed by atoms with E-state index in [9.17, 15) is 13.2 Å². The zero-order valence-electron chi connectivity index (χ0n) is 12.5. The highest BCUT2D eigenvalue weighted by molar-refractivity contribution is 7.91. The average molecular weight is 320 g/mol. The first kappa shape index (κ1) is 16.7. The molecule has 2 aliphatic heterocycles. The van der Waals surface area contributed by atoms with Gasteiger partial charge in [-0.15, -0.1) is 0 Å². The Morgan fingerprint density at radius 2 is 2.24 bits per heavy atom. The van der Waals surface area contributed by atoms with Gasteiger partial charge in [0.25, 0.3) is 0 Å². The third-order valence-corrected chi connectivity index (χ3v) is 6.03. The minimum atomic E-state index is -3.04. The number of hydrogen-bond acceptors (Lipinski definition) is 6. The van der Waals surface area contributed by atoms with Crippen LogP contribution in [0.5, 0.6) is 0 Å². The van der Waals surface area contributed by atoms with E-state index in [2.05, 4.69) is 5.32 Å². The number of carbonyl (C=O) groups is 1. The number of nitrogens with zero attached hydrogens (tertiary/aromatic N) is 1. The lowest BCUT2D eigenvalue weighted by atomic mass is 10.0. The molecule has 2 N–H and O–H groups in total. The van der Waals surface area contributed by atoms with Gasteiger partial charge in [-0.3, -0.25) is 9.69 Å². The number of amides is 1. The lowest BCUT2D eigenvalue weighted by molar-refractivity contribution is -0.129. The summed E-state index contributed by atoms with van der Waals surface area (Å²) in [6.45, 7) is 4.83. The fraction of sp³-hybridized carbons (Fsp3) is 0.923. The van der Waals surface area contributed by atoms with Crippen molar-refractivity contribution in [3.05, 3.63) is 0 Å². The van der Waals surface area contributed by atoms with Crippen molar-refractivity contribution in [2.24, 2.45) is 0 Å². The minimum absolute atomic E-state index is 0.00364. The van der Waals surface area contributed by atoms with Crippen LogP contribution >= 0.6 is 0 Å². The van der Waals surface area contributed by atoms with Crippen molar-refractivity contribution < 1.29 is 23.1 Å². The van der Waals surface area contributed by atoms with Crippen LogP contribution in [0.15, 0.2) is 0 Å². The van der Waals surface area contributed by atoms with Crippen LogP contribution in [-0.2, 0) is 19.4 Å². The maximum absolute atomic E-state index is 12.2. The van der Waals surface area contributed by atoms with Crippen LogP contribution < -0.4 is 5.32 Å². The molecule has 2 fully saturated rings. The second-order valence-corrected chi connectivity index (χ2v) is 8.55. The molecule has 2 heterocycles. The quantitative estimate of drug-likeness (QED) is 0.673. The maximum Gasteiger partial charge on any atom is 0.234 e. The Balaban J connectivity index is 1.89. The predicted molar refractivity (Wildman–Crippen MR) is 77.7 cm³/mol. The van der Waals surface area contributed by atoms with Crippen LogP contribution in [0.1, 0.15) is 20.3 Å². The molecule has 0 bridgehead atoms. The molecule has 0 saturated carbocycles. The topological polar surface area (TPSA) is 95.9 Å². The normalized spacial score (nSPS) is 36.5. The fourth-order valence-electron chi connectivity index (χ4n) is 2.88. The Morgan fingerprint density at radius 3 is 2.81 bits per heavy atom. The lowest BCUT2D eigenvalue weighted by Gasteiger charge is -2.37. The first-order valence-electron chi connectivity index (χ1n) is 7.21. The number of rotatable bonds is 4. The molecule has 8 heteroatoms. The summed E-state index contributed by atoms with van der Waals surface area (Å²) in [6.07, 6.45) is 0.190. The van der Waals surface area contributed by atoms with E-state index in [1.165, 1.54) is 0 Å². The van der Waals surface area contributed by atoms with Crippen molar-refractivity contribution in [3.8, 4) is 0 Å². The van der Waals surface area contributed by atoms with Gasteiger partial charge in [0.15, 0.2) is 9.84 Å². The molecule has 122 valence electrons. The molecule has 3 atom stereocenters. The van der Waals surface area contributed by atoms with Crippen LogP contribution in [0.2, 0.25) is 0 Å². The molecule has 21 heavy (non-hydrogen) atoms. The van der Waals surface area contributed by atoms with Crippen molar-refractivity contribution in [2.75, 3.05) is 37.8 Å². The van der Waals surface area contributed by atoms with Crippen molar-refractivity contribution in [1.29, 1.82) is 0 Å².